The summed E-state index contributed by atoms with van der Waals surface area (Å²) in [6, 6.07) is 10.7. The first-order valence-corrected chi connectivity index (χ1v) is 10.2. The molecule has 3 heterocycles. The molecule has 2 aromatic carbocycles. The predicted molar refractivity (Wildman–Crippen MR) is 108 cm³/mol. The molecule has 1 N–H and O–H groups in total. The molecular weight excluding hydrogens is 383 g/mol. The number of piperidine rings is 1. The maximum Gasteiger partial charge on any atom is 0.407 e. The van der Waals surface area contributed by atoms with Crippen molar-refractivity contribution in [1.29, 1.82) is 0 Å². The molecule has 6 heteroatoms. The molecule has 0 spiro atoms. The van der Waals surface area contributed by atoms with E-state index in [1.807, 2.05) is 18.2 Å². The average molecular weight is 403 g/mol. The number of anilines is 1. The zero-order valence-corrected chi connectivity index (χ0v) is 16.3. The molecule has 0 aliphatic carbocycles. The highest BCUT2D eigenvalue weighted by molar-refractivity contribution is 6.42. The van der Waals surface area contributed by atoms with E-state index in [1.54, 1.807) is 4.90 Å². The van der Waals surface area contributed by atoms with Crippen LogP contribution in [0.15, 0.2) is 30.3 Å². The van der Waals surface area contributed by atoms with Crippen LogP contribution in [-0.4, -0.2) is 41.8 Å². The fraction of sp³-hybridized carbons (Fsp3) is 0.381. The molecule has 1 fully saturated rings. The molecule has 0 saturated carbocycles. The Morgan fingerprint density at radius 3 is 2.70 bits per heavy atom. The number of aryl methyl sites for hydroxylation is 1. The van der Waals surface area contributed by atoms with E-state index in [-0.39, 0.29) is 5.92 Å². The summed E-state index contributed by atoms with van der Waals surface area (Å²) in [4.78, 5) is 15.6. The van der Waals surface area contributed by atoms with Crippen molar-refractivity contribution in [1.82, 2.24) is 4.90 Å². The van der Waals surface area contributed by atoms with Gasteiger partial charge in [-0.2, -0.15) is 0 Å². The number of carbonyl (C=O) groups is 1. The van der Waals surface area contributed by atoms with Gasteiger partial charge in [-0.05, 0) is 65.8 Å². The van der Waals surface area contributed by atoms with Crippen LogP contribution < -0.4 is 4.90 Å². The summed E-state index contributed by atoms with van der Waals surface area (Å²) in [6.45, 7) is 2.27. The van der Waals surface area contributed by atoms with Gasteiger partial charge in [0, 0.05) is 37.3 Å². The van der Waals surface area contributed by atoms with Crippen LogP contribution in [0.2, 0.25) is 10.0 Å². The molecule has 3 aliphatic heterocycles. The minimum absolute atomic E-state index is 0.240. The van der Waals surface area contributed by atoms with Gasteiger partial charge in [0.05, 0.1) is 10.0 Å². The van der Waals surface area contributed by atoms with Crippen LogP contribution in [-0.2, 0) is 6.42 Å². The van der Waals surface area contributed by atoms with Crippen LogP contribution in [0.5, 0.6) is 0 Å². The number of benzene rings is 2. The monoisotopic (exact) mass is 402 g/mol. The van der Waals surface area contributed by atoms with Gasteiger partial charge in [-0.1, -0.05) is 29.3 Å². The highest BCUT2D eigenvalue weighted by Gasteiger charge is 2.44. The number of halogens is 2. The summed E-state index contributed by atoms with van der Waals surface area (Å²) < 4.78 is 0. The lowest BCUT2D eigenvalue weighted by Gasteiger charge is -2.39. The van der Waals surface area contributed by atoms with E-state index in [1.165, 1.54) is 16.8 Å². The molecule has 2 aromatic rings. The van der Waals surface area contributed by atoms with Gasteiger partial charge in [0.25, 0.3) is 0 Å². The number of likely N-dealkylation sites (tertiary alicyclic amines) is 1. The van der Waals surface area contributed by atoms with E-state index in [0.717, 1.165) is 36.9 Å². The van der Waals surface area contributed by atoms with Gasteiger partial charge in [-0.3, -0.25) is 0 Å². The third-order valence-corrected chi connectivity index (χ3v) is 6.99. The standard InChI is InChI=1S/C21H20Cl2N2O2/c22-17-4-3-12(10-18(17)23)14-8-13-2-1-6-25-19-5-7-24(21(26)27)11-16(19)15(9-14)20(13)25/h3-4,8-10,16,19H,1-2,5-7,11H2,(H,26,27)/t16-,19-/m0/s1. The SMILES string of the molecule is O=C(O)N1CC[C@H]2[C@@H](C1)c1cc(-c3ccc(Cl)c(Cl)c3)cc3c1N2CCC3. The summed E-state index contributed by atoms with van der Waals surface area (Å²) in [5.74, 6) is 0.240. The fourth-order valence-corrected chi connectivity index (χ4v) is 5.36. The Morgan fingerprint density at radius 1 is 1.07 bits per heavy atom. The van der Waals surface area contributed by atoms with Crippen LogP contribution >= 0.6 is 23.2 Å². The van der Waals surface area contributed by atoms with Gasteiger partial charge in [-0.25, -0.2) is 4.79 Å². The molecule has 140 valence electrons. The predicted octanol–water partition coefficient (Wildman–Crippen LogP) is 5.26. The molecule has 5 rings (SSSR count). The quantitative estimate of drug-likeness (QED) is 0.706. The van der Waals surface area contributed by atoms with E-state index >= 15 is 0 Å². The average Bonchev–Trinajstić information content (AvgIpc) is 2.99. The third-order valence-electron chi connectivity index (χ3n) is 6.25. The Balaban J connectivity index is 1.62. The van der Waals surface area contributed by atoms with E-state index < -0.39 is 6.09 Å². The van der Waals surface area contributed by atoms with Gasteiger partial charge in [0.1, 0.15) is 0 Å². The molecule has 0 bridgehead atoms. The summed E-state index contributed by atoms with van der Waals surface area (Å²) in [5, 5.41) is 10.6. The normalized spacial score (nSPS) is 23.2. The Bertz CT molecular complexity index is 946. The van der Waals surface area contributed by atoms with Crippen molar-refractivity contribution in [3.63, 3.8) is 0 Å². The lowest BCUT2D eigenvalue weighted by molar-refractivity contribution is 0.127. The highest BCUT2D eigenvalue weighted by Crippen LogP contribution is 2.50. The first-order valence-electron chi connectivity index (χ1n) is 9.39. The summed E-state index contributed by atoms with van der Waals surface area (Å²) >= 11 is 12.3. The van der Waals surface area contributed by atoms with Gasteiger partial charge < -0.3 is 14.9 Å². The molecule has 1 amide bonds. The minimum atomic E-state index is -0.816. The van der Waals surface area contributed by atoms with Crippen molar-refractivity contribution >= 4 is 35.0 Å². The van der Waals surface area contributed by atoms with Crippen molar-refractivity contribution in [3.8, 4) is 11.1 Å². The van der Waals surface area contributed by atoms with E-state index in [9.17, 15) is 9.90 Å². The Hall–Kier alpha value is -1.91. The zero-order valence-electron chi connectivity index (χ0n) is 14.8. The summed E-state index contributed by atoms with van der Waals surface area (Å²) in [7, 11) is 0. The molecule has 0 aromatic heterocycles. The van der Waals surface area contributed by atoms with Crippen molar-refractivity contribution < 1.29 is 9.90 Å². The summed E-state index contributed by atoms with van der Waals surface area (Å²) in [6.07, 6.45) is 2.29. The number of nitrogens with zero attached hydrogens (tertiary/aromatic N) is 2. The lowest BCUT2D eigenvalue weighted by Crippen LogP contribution is -2.48. The third kappa shape index (κ3) is 2.69. The molecule has 0 unspecified atom stereocenters. The second-order valence-corrected chi connectivity index (χ2v) is 8.50. The molecular formula is C21H20Cl2N2O2. The number of rotatable bonds is 1. The number of amides is 1. The molecule has 0 radical (unpaired) electrons. The zero-order chi connectivity index (χ0) is 18.7. The van der Waals surface area contributed by atoms with Crippen molar-refractivity contribution in [2.24, 2.45) is 0 Å². The van der Waals surface area contributed by atoms with E-state index in [4.69, 9.17) is 23.2 Å². The maximum absolute atomic E-state index is 11.5. The first kappa shape index (κ1) is 17.2. The molecule has 1 saturated heterocycles. The van der Waals surface area contributed by atoms with Crippen LogP contribution in [0, 0.1) is 0 Å². The van der Waals surface area contributed by atoms with E-state index in [0.29, 0.717) is 29.2 Å². The second-order valence-electron chi connectivity index (χ2n) is 7.69. The number of hydrogen-bond donors (Lipinski definition) is 1. The van der Waals surface area contributed by atoms with E-state index in [2.05, 4.69) is 17.0 Å². The highest BCUT2D eigenvalue weighted by atomic mass is 35.5. The summed E-state index contributed by atoms with van der Waals surface area (Å²) in [5.41, 5.74) is 6.21. The van der Waals surface area contributed by atoms with Crippen LogP contribution in [0.1, 0.15) is 29.9 Å². The van der Waals surface area contributed by atoms with Gasteiger partial charge >= 0.3 is 6.09 Å². The Labute approximate surface area is 168 Å². The van der Waals surface area contributed by atoms with Crippen LogP contribution in [0.4, 0.5) is 10.5 Å². The second kappa shape index (κ2) is 6.32. The molecule has 4 nitrogen and oxygen atoms in total. The molecule has 2 atom stereocenters. The van der Waals surface area contributed by atoms with Gasteiger partial charge in [-0.15, -0.1) is 0 Å². The largest absolute Gasteiger partial charge is 0.465 e. The van der Waals surface area contributed by atoms with Crippen molar-refractivity contribution in [3.05, 3.63) is 51.5 Å². The minimum Gasteiger partial charge on any atom is -0.465 e. The topological polar surface area (TPSA) is 43.8 Å². The lowest BCUT2D eigenvalue weighted by atomic mass is 9.87. The Morgan fingerprint density at radius 2 is 1.93 bits per heavy atom. The van der Waals surface area contributed by atoms with Gasteiger partial charge in [0.15, 0.2) is 0 Å². The number of carboxylic acid groups (broad SMARTS) is 1. The fourth-order valence-electron chi connectivity index (χ4n) is 5.06. The van der Waals surface area contributed by atoms with Crippen molar-refractivity contribution in [2.45, 2.75) is 31.2 Å². The maximum atomic E-state index is 11.5. The van der Waals surface area contributed by atoms with Crippen molar-refractivity contribution in [2.75, 3.05) is 24.5 Å². The van der Waals surface area contributed by atoms with Gasteiger partial charge in [0.2, 0.25) is 0 Å². The van der Waals surface area contributed by atoms with Crippen LogP contribution in [0.25, 0.3) is 11.1 Å². The molecule has 27 heavy (non-hydrogen) atoms. The Kier molecular flexibility index (Phi) is 4.03. The smallest absolute Gasteiger partial charge is 0.407 e. The molecule has 3 aliphatic rings. The first-order chi connectivity index (χ1) is 13.0. The number of fused-ring (bicyclic) bond motifs is 3. The van der Waals surface area contributed by atoms with Crippen LogP contribution in [0.3, 0.4) is 0 Å². The number of hydrogen-bond acceptors (Lipinski definition) is 2.